The molecule has 0 saturated heterocycles. The minimum atomic E-state index is -4.49. The van der Waals surface area contributed by atoms with E-state index in [1.165, 1.54) is 12.1 Å². The lowest BCUT2D eigenvalue weighted by atomic mass is 9.90. The Bertz CT molecular complexity index is 606. The van der Waals surface area contributed by atoms with E-state index in [2.05, 4.69) is 0 Å². The van der Waals surface area contributed by atoms with E-state index in [-0.39, 0.29) is 5.56 Å². The van der Waals surface area contributed by atoms with Crippen molar-refractivity contribution in [2.24, 2.45) is 0 Å². The Morgan fingerprint density at radius 1 is 0.950 bits per heavy atom. The van der Waals surface area contributed by atoms with Crippen LogP contribution in [0.2, 0.25) is 0 Å². The van der Waals surface area contributed by atoms with Gasteiger partial charge in [0, 0.05) is 0 Å². The second-order valence-electron chi connectivity index (χ2n) is 4.31. The monoisotopic (exact) mass is 280 g/mol. The van der Waals surface area contributed by atoms with Gasteiger partial charge in [0.15, 0.2) is 0 Å². The van der Waals surface area contributed by atoms with Crippen molar-refractivity contribution < 1.29 is 23.1 Å². The molecule has 104 valence electrons. The zero-order valence-electron chi connectivity index (χ0n) is 10.3. The fourth-order valence-electron chi connectivity index (χ4n) is 2.02. The van der Waals surface area contributed by atoms with Gasteiger partial charge in [0.1, 0.15) is 5.92 Å². The molecule has 0 aromatic heterocycles. The number of alkyl halides is 3. The normalized spacial score (nSPS) is 12.9. The summed E-state index contributed by atoms with van der Waals surface area (Å²) in [6.45, 7) is 0. The molecular formula is C15H11F3O2. The Hall–Kier alpha value is -2.30. The summed E-state index contributed by atoms with van der Waals surface area (Å²) in [4.78, 5) is 11.4. The van der Waals surface area contributed by atoms with E-state index >= 15 is 0 Å². The summed E-state index contributed by atoms with van der Waals surface area (Å²) >= 11 is 0. The van der Waals surface area contributed by atoms with E-state index in [4.69, 9.17) is 0 Å². The molecule has 0 amide bonds. The zero-order chi connectivity index (χ0) is 14.8. The summed E-state index contributed by atoms with van der Waals surface area (Å²) in [6, 6.07) is 12.6. The molecule has 1 unspecified atom stereocenters. The Morgan fingerprint density at radius 3 is 2.10 bits per heavy atom. The lowest BCUT2D eigenvalue weighted by Gasteiger charge is -2.15. The SMILES string of the molecule is O=C(O)C(c1ccccc1)c1cccc(C(F)(F)F)c1. The van der Waals surface area contributed by atoms with E-state index < -0.39 is 23.6 Å². The molecule has 0 fully saturated rings. The molecule has 0 bridgehead atoms. The average molecular weight is 280 g/mol. The topological polar surface area (TPSA) is 37.3 Å². The molecule has 0 heterocycles. The van der Waals surface area contributed by atoms with Crippen molar-refractivity contribution in [3.63, 3.8) is 0 Å². The molecule has 0 aliphatic rings. The average Bonchev–Trinajstić information content (AvgIpc) is 2.39. The summed E-state index contributed by atoms with van der Waals surface area (Å²) < 4.78 is 38.1. The number of rotatable bonds is 3. The summed E-state index contributed by atoms with van der Waals surface area (Å²) in [5.41, 5.74) is -0.296. The van der Waals surface area contributed by atoms with Gasteiger partial charge < -0.3 is 5.11 Å². The largest absolute Gasteiger partial charge is 0.481 e. The van der Waals surface area contributed by atoms with Crippen LogP contribution in [0.5, 0.6) is 0 Å². The van der Waals surface area contributed by atoms with Crippen LogP contribution in [-0.4, -0.2) is 11.1 Å². The Kier molecular flexibility index (Phi) is 3.79. The second-order valence-corrected chi connectivity index (χ2v) is 4.31. The second kappa shape index (κ2) is 5.36. The molecule has 20 heavy (non-hydrogen) atoms. The van der Waals surface area contributed by atoms with E-state index in [0.717, 1.165) is 12.1 Å². The van der Waals surface area contributed by atoms with Crippen LogP contribution in [0.3, 0.4) is 0 Å². The Labute approximate surface area is 113 Å². The van der Waals surface area contributed by atoms with Crippen LogP contribution in [-0.2, 0) is 11.0 Å². The van der Waals surface area contributed by atoms with Crippen LogP contribution in [0.15, 0.2) is 54.6 Å². The molecule has 5 heteroatoms. The molecule has 0 radical (unpaired) electrons. The summed E-state index contributed by atoms with van der Waals surface area (Å²) in [7, 11) is 0. The molecular weight excluding hydrogens is 269 g/mol. The van der Waals surface area contributed by atoms with Gasteiger partial charge in [0.25, 0.3) is 0 Å². The number of halogens is 3. The molecule has 0 saturated carbocycles. The van der Waals surface area contributed by atoms with Gasteiger partial charge in [-0.15, -0.1) is 0 Å². The number of carboxylic acid groups (broad SMARTS) is 1. The first kappa shape index (κ1) is 14.1. The van der Waals surface area contributed by atoms with Crippen LogP contribution in [0.25, 0.3) is 0 Å². The van der Waals surface area contributed by atoms with E-state index in [0.29, 0.717) is 5.56 Å². The van der Waals surface area contributed by atoms with Crippen LogP contribution in [0.1, 0.15) is 22.6 Å². The molecule has 1 atom stereocenters. The molecule has 0 aliphatic heterocycles. The number of hydrogen-bond donors (Lipinski definition) is 1. The number of carbonyl (C=O) groups is 1. The first-order chi connectivity index (χ1) is 9.39. The van der Waals surface area contributed by atoms with Gasteiger partial charge in [-0.25, -0.2) is 0 Å². The fourth-order valence-corrected chi connectivity index (χ4v) is 2.02. The van der Waals surface area contributed by atoms with Gasteiger partial charge in [-0.05, 0) is 17.2 Å². The Balaban J connectivity index is 2.49. The van der Waals surface area contributed by atoms with Crippen molar-refractivity contribution in [3.8, 4) is 0 Å². The smallest absolute Gasteiger partial charge is 0.416 e. The van der Waals surface area contributed by atoms with Crippen molar-refractivity contribution in [1.82, 2.24) is 0 Å². The van der Waals surface area contributed by atoms with Gasteiger partial charge in [0.05, 0.1) is 5.56 Å². The molecule has 2 aromatic carbocycles. The molecule has 2 rings (SSSR count). The number of carboxylic acids is 1. The van der Waals surface area contributed by atoms with Gasteiger partial charge in [0.2, 0.25) is 0 Å². The van der Waals surface area contributed by atoms with E-state index in [9.17, 15) is 23.1 Å². The Morgan fingerprint density at radius 2 is 1.55 bits per heavy atom. The number of hydrogen-bond acceptors (Lipinski definition) is 1. The van der Waals surface area contributed by atoms with Crippen LogP contribution >= 0.6 is 0 Å². The molecule has 1 N–H and O–H groups in total. The molecule has 0 aliphatic carbocycles. The summed E-state index contributed by atoms with van der Waals surface area (Å²) in [6.07, 6.45) is -4.49. The minimum Gasteiger partial charge on any atom is -0.481 e. The van der Waals surface area contributed by atoms with Crippen molar-refractivity contribution in [2.45, 2.75) is 12.1 Å². The third-order valence-corrected chi connectivity index (χ3v) is 2.93. The fraction of sp³-hybridized carbons (Fsp3) is 0.133. The highest BCUT2D eigenvalue weighted by atomic mass is 19.4. The van der Waals surface area contributed by atoms with Gasteiger partial charge in [-0.1, -0.05) is 48.5 Å². The van der Waals surface area contributed by atoms with Gasteiger partial charge in [-0.2, -0.15) is 13.2 Å². The maximum Gasteiger partial charge on any atom is 0.416 e. The van der Waals surface area contributed by atoms with Crippen LogP contribution in [0.4, 0.5) is 13.2 Å². The number of benzene rings is 2. The number of aliphatic carboxylic acids is 1. The van der Waals surface area contributed by atoms with E-state index in [1.54, 1.807) is 30.3 Å². The van der Waals surface area contributed by atoms with Gasteiger partial charge >= 0.3 is 12.1 Å². The predicted octanol–water partition coefficient (Wildman–Crippen LogP) is 3.92. The predicted molar refractivity (Wildman–Crippen MR) is 67.4 cm³/mol. The summed E-state index contributed by atoms with van der Waals surface area (Å²) in [5.74, 6) is -2.30. The van der Waals surface area contributed by atoms with Crippen molar-refractivity contribution in [2.75, 3.05) is 0 Å². The van der Waals surface area contributed by atoms with Gasteiger partial charge in [-0.3, -0.25) is 4.79 Å². The van der Waals surface area contributed by atoms with Crippen LogP contribution in [0, 0.1) is 0 Å². The third kappa shape index (κ3) is 2.99. The maximum absolute atomic E-state index is 12.7. The standard InChI is InChI=1S/C15H11F3O2/c16-15(17,18)12-8-4-7-11(9-12)13(14(19)20)10-5-2-1-3-6-10/h1-9,13H,(H,19,20). The highest BCUT2D eigenvalue weighted by Gasteiger charge is 2.32. The maximum atomic E-state index is 12.7. The molecule has 0 spiro atoms. The third-order valence-electron chi connectivity index (χ3n) is 2.93. The first-order valence-corrected chi connectivity index (χ1v) is 5.84. The highest BCUT2D eigenvalue weighted by Crippen LogP contribution is 2.33. The van der Waals surface area contributed by atoms with E-state index in [1.807, 2.05) is 0 Å². The minimum absolute atomic E-state index is 0.110. The lowest BCUT2D eigenvalue weighted by Crippen LogP contribution is -2.14. The van der Waals surface area contributed by atoms with Crippen molar-refractivity contribution in [1.29, 1.82) is 0 Å². The summed E-state index contributed by atoms with van der Waals surface area (Å²) in [5, 5.41) is 9.29. The molecule has 2 nitrogen and oxygen atoms in total. The first-order valence-electron chi connectivity index (χ1n) is 5.84. The molecule has 2 aromatic rings. The zero-order valence-corrected chi connectivity index (χ0v) is 10.3. The van der Waals surface area contributed by atoms with Crippen LogP contribution < -0.4 is 0 Å². The highest BCUT2D eigenvalue weighted by molar-refractivity contribution is 5.80. The van der Waals surface area contributed by atoms with Crippen molar-refractivity contribution in [3.05, 3.63) is 71.3 Å². The quantitative estimate of drug-likeness (QED) is 0.925. The van der Waals surface area contributed by atoms with Crippen molar-refractivity contribution >= 4 is 5.97 Å². The lowest BCUT2D eigenvalue weighted by molar-refractivity contribution is -0.139.